The lowest BCUT2D eigenvalue weighted by molar-refractivity contribution is -0.129. The number of ether oxygens (including phenoxy) is 3. The summed E-state index contributed by atoms with van der Waals surface area (Å²) in [5.41, 5.74) is 1.62. The number of carbonyl (C=O) groups is 1. The van der Waals surface area contributed by atoms with Crippen LogP contribution in [0.4, 0.5) is 0 Å². The lowest BCUT2D eigenvalue weighted by Gasteiger charge is -2.07. The summed E-state index contributed by atoms with van der Waals surface area (Å²) in [4.78, 5) is 20.2. The Morgan fingerprint density at radius 3 is 2.65 bits per heavy atom. The van der Waals surface area contributed by atoms with Crippen molar-refractivity contribution in [2.45, 2.75) is 0 Å². The quantitative estimate of drug-likeness (QED) is 0.641. The molecule has 0 amide bonds. The molecule has 0 saturated carbocycles. The highest BCUT2D eigenvalue weighted by molar-refractivity contribution is 6.12. The molecule has 2 heterocycles. The molecule has 1 aromatic carbocycles. The minimum Gasteiger partial charge on any atom is -0.493 e. The number of aromatic nitrogens is 1. The average molecular weight is 310 g/mol. The van der Waals surface area contributed by atoms with E-state index in [2.05, 4.69) is 9.98 Å². The fraction of sp³-hybridized carbons (Fsp3) is 0.118. The van der Waals surface area contributed by atoms with Gasteiger partial charge >= 0.3 is 5.97 Å². The number of hydrogen-bond acceptors (Lipinski definition) is 6. The fourth-order valence-corrected chi connectivity index (χ4v) is 2.12. The van der Waals surface area contributed by atoms with Crippen molar-refractivity contribution in [1.82, 2.24) is 4.98 Å². The van der Waals surface area contributed by atoms with Gasteiger partial charge < -0.3 is 14.2 Å². The Hall–Kier alpha value is -3.15. The first-order valence-electron chi connectivity index (χ1n) is 6.86. The van der Waals surface area contributed by atoms with Crippen LogP contribution in [-0.4, -0.2) is 31.1 Å². The lowest BCUT2D eigenvalue weighted by atomic mass is 10.1. The Morgan fingerprint density at radius 2 is 1.96 bits per heavy atom. The first-order valence-corrected chi connectivity index (χ1v) is 6.86. The van der Waals surface area contributed by atoms with E-state index in [4.69, 9.17) is 14.2 Å². The van der Waals surface area contributed by atoms with Crippen LogP contribution < -0.4 is 9.47 Å². The van der Waals surface area contributed by atoms with Crippen LogP contribution in [0.1, 0.15) is 11.1 Å². The van der Waals surface area contributed by atoms with E-state index in [1.165, 1.54) is 0 Å². The van der Waals surface area contributed by atoms with Gasteiger partial charge in [0.25, 0.3) is 0 Å². The van der Waals surface area contributed by atoms with Gasteiger partial charge in [0.05, 0.1) is 19.8 Å². The molecule has 0 fully saturated rings. The summed E-state index contributed by atoms with van der Waals surface area (Å²) in [6.07, 6.45) is 4.86. The lowest BCUT2D eigenvalue weighted by Crippen LogP contribution is -2.05. The molecule has 6 nitrogen and oxygen atoms in total. The number of cyclic esters (lactones) is 1. The van der Waals surface area contributed by atoms with E-state index in [0.29, 0.717) is 17.1 Å². The van der Waals surface area contributed by atoms with Crippen molar-refractivity contribution in [3.8, 4) is 11.5 Å². The Kier molecular flexibility index (Phi) is 4.05. The third kappa shape index (κ3) is 3.06. The first-order chi connectivity index (χ1) is 11.2. The van der Waals surface area contributed by atoms with Gasteiger partial charge in [-0.05, 0) is 35.9 Å². The smallest absolute Gasteiger partial charge is 0.363 e. The fourth-order valence-electron chi connectivity index (χ4n) is 2.12. The maximum atomic E-state index is 12.0. The normalized spacial score (nSPS) is 15.3. The highest BCUT2D eigenvalue weighted by Gasteiger charge is 2.24. The van der Waals surface area contributed by atoms with Crippen molar-refractivity contribution in [1.29, 1.82) is 0 Å². The van der Waals surface area contributed by atoms with Gasteiger partial charge in [0.1, 0.15) is 0 Å². The van der Waals surface area contributed by atoms with E-state index in [0.717, 1.165) is 5.56 Å². The monoisotopic (exact) mass is 310 g/mol. The van der Waals surface area contributed by atoms with Crippen LogP contribution in [0.3, 0.4) is 0 Å². The molecule has 3 rings (SSSR count). The largest absolute Gasteiger partial charge is 0.493 e. The van der Waals surface area contributed by atoms with Gasteiger partial charge in [0.2, 0.25) is 5.90 Å². The van der Waals surface area contributed by atoms with Gasteiger partial charge in [-0.1, -0.05) is 6.07 Å². The second-order valence-electron chi connectivity index (χ2n) is 4.69. The predicted octanol–water partition coefficient (Wildman–Crippen LogP) is 2.44. The van der Waals surface area contributed by atoms with Gasteiger partial charge in [-0.25, -0.2) is 9.79 Å². The summed E-state index contributed by atoms with van der Waals surface area (Å²) in [5.74, 6) is 0.932. The maximum Gasteiger partial charge on any atom is 0.363 e. The summed E-state index contributed by atoms with van der Waals surface area (Å²) in [5, 5.41) is 0. The van der Waals surface area contributed by atoms with Gasteiger partial charge in [0.15, 0.2) is 17.2 Å². The molecule has 6 heteroatoms. The van der Waals surface area contributed by atoms with Crippen LogP contribution in [0.15, 0.2) is 53.4 Å². The van der Waals surface area contributed by atoms with Crippen LogP contribution >= 0.6 is 0 Å². The van der Waals surface area contributed by atoms with E-state index in [1.54, 1.807) is 63.0 Å². The molecule has 0 unspecified atom stereocenters. The van der Waals surface area contributed by atoms with Crippen molar-refractivity contribution in [3.05, 3.63) is 59.5 Å². The van der Waals surface area contributed by atoms with Crippen molar-refractivity contribution in [2.24, 2.45) is 4.99 Å². The molecule has 2 aromatic rings. The van der Waals surface area contributed by atoms with Crippen molar-refractivity contribution in [2.75, 3.05) is 14.2 Å². The maximum absolute atomic E-state index is 12.0. The van der Waals surface area contributed by atoms with E-state index >= 15 is 0 Å². The van der Waals surface area contributed by atoms with Crippen molar-refractivity contribution < 1.29 is 19.0 Å². The van der Waals surface area contributed by atoms with Crippen molar-refractivity contribution >= 4 is 17.9 Å². The van der Waals surface area contributed by atoms with Crippen LogP contribution in [0.2, 0.25) is 0 Å². The van der Waals surface area contributed by atoms with E-state index in [9.17, 15) is 4.79 Å². The molecule has 0 bridgehead atoms. The second kappa shape index (κ2) is 6.31. The molecule has 23 heavy (non-hydrogen) atoms. The van der Waals surface area contributed by atoms with Gasteiger partial charge in [-0.3, -0.25) is 4.98 Å². The van der Waals surface area contributed by atoms with Crippen molar-refractivity contribution in [3.63, 3.8) is 0 Å². The Bertz CT molecular complexity index is 797. The Balaban J connectivity index is 1.93. The number of aliphatic imine (C=N–C) groups is 1. The van der Waals surface area contributed by atoms with Crippen LogP contribution in [-0.2, 0) is 9.53 Å². The highest BCUT2D eigenvalue weighted by Crippen LogP contribution is 2.29. The zero-order chi connectivity index (χ0) is 16.2. The third-order valence-electron chi connectivity index (χ3n) is 3.24. The molecular weight excluding hydrogens is 296 g/mol. The predicted molar refractivity (Wildman–Crippen MR) is 84.4 cm³/mol. The summed E-state index contributed by atoms with van der Waals surface area (Å²) < 4.78 is 15.6. The minimum atomic E-state index is -0.501. The number of nitrogens with zero attached hydrogens (tertiary/aromatic N) is 2. The average Bonchev–Trinajstić information content (AvgIpc) is 2.96. The molecule has 0 spiro atoms. The number of hydrogen-bond donors (Lipinski definition) is 0. The summed E-state index contributed by atoms with van der Waals surface area (Å²) in [7, 11) is 3.12. The molecule has 1 aromatic heterocycles. The molecule has 0 radical (unpaired) electrons. The molecule has 0 N–H and O–H groups in total. The van der Waals surface area contributed by atoms with Gasteiger partial charge in [-0.2, -0.15) is 0 Å². The number of benzene rings is 1. The number of carbonyl (C=O) groups excluding carboxylic acids is 1. The Morgan fingerprint density at radius 1 is 1.13 bits per heavy atom. The molecule has 1 aliphatic heterocycles. The summed E-state index contributed by atoms with van der Waals surface area (Å²) in [6.45, 7) is 0. The van der Waals surface area contributed by atoms with Crippen LogP contribution in [0.5, 0.6) is 11.5 Å². The highest BCUT2D eigenvalue weighted by atomic mass is 16.6. The van der Waals surface area contributed by atoms with E-state index < -0.39 is 5.97 Å². The first kappa shape index (κ1) is 14.8. The van der Waals surface area contributed by atoms with Gasteiger partial charge in [0, 0.05) is 12.4 Å². The molecule has 0 atom stereocenters. The molecule has 0 aliphatic carbocycles. The third-order valence-corrected chi connectivity index (χ3v) is 3.24. The summed E-state index contributed by atoms with van der Waals surface area (Å²) in [6, 6.07) is 8.85. The second-order valence-corrected chi connectivity index (χ2v) is 4.69. The zero-order valence-electron chi connectivity index (χ0n) is 12.6. The number of rotatable bonds is 4. The van der Waals surface area contributed by atoms with Crippen LogP contribution in [0, 0.1) is 0 Å². The standard InChI is InChI=1S/C17H14N2O4/c1-21-14-6-5-11(9-15(14)22-2)8-13-17(20)23-16(19-13)12-4-3-7-18-10-12/h3-10H,1-2H3/b13-8+. The molecular formula is C17H14N2O4. The Labute approximate surface area is 133 Å². The SMILES string of the molecule is COc1ccc(/C=C2/N=C(c3cccnc3)OC2=O)cc1OC. The van der Waals surface area contributed by atoms with Crippen LogP contribution in [0.25, 0.3) is 6.08 Å². The number of pyridine rings is 1. The summed E-state index contributed by atoms with van der Waals surface area (Å²) >= 11 is 0. The molecule has 116 valence electrons. The van der Waals surface area contributed by atoms with E-state index in [-0.39, 0.29) is 11.6 Å². The zero-order valence-corrected chi connectivity index (χ0v) is 12.6. The molecule has 1 aliphatic rings. The number of methoxy groups -OCH3 is 2. The topological polar surface area (TPSA) is 70.0 Å². The molecule has 0 saturated heterocycles. The van der Waals surface area contributed by atoms with Gasteiger partial charge in [-0.15, -0.1) is 0 Å². The number of esters is 1. The van der Waals surface area contributed by atoms with E-state index in [1.807, 2.05) is 0 Å². The minimum absolute atomic E-state index is 0.219.